The molecule has 2 bridgehead atoms. The van der Waals surface area contributed by atoms with E-state index >= 15 is 0 Å². The van der Waals surface area contributed by atoms with Crippen molar-refractivity contribution in [2.45, 2.75) is 38.3 Å². The Labute approximate surface area is 212 Å². The van der Waals surface area contributed by atoms with Crippen molar-refractivity contribution >= 4 is 23.3 Å². The Kier molecular flexibility index (Phi) is 6.52. The first kappa shape index (κ1) is 23.3. The average molecular weight is 490 g/mol. The van der Waals surface area contributed by atoms with Crippen LogP contribution < -0.4 is 15.1 Å². The molecule has 8 heteroatoms. The van der Waals surface area contributed by atoms with Crippen LogP contribution in [0, 0.1) is 11.8 Å². The number of nitrogens with zero attached hydrogens (tertiary/aromatic N) is 4. The normalized spacial score (nSPS) is 25.9. The molecule has 0 saturated carbocycles. The van der Waals surface area contributed by atoms with Crippen LogP contribution in [0.3, 0.4) is 0 Å². The minimum atomic E-state index is -0.113. The van der Waals surface area contributed by atoms with Gasteiger partial charge in [0.1, 0.15) is 5.82 Å². The highest BCUT2D eigenvalue weighted by atomic mass is 16.5. The first-order valence-corrected chi connectivity index (χ1v) is 13.3. The molecule has 2 amide bonds. The van der Waals surface area contributed by atoms with Gasteiger partial charge in [0.25, 0.3) is 5.91 Å². The number of benzene rings is 1. The molecule has 2 aromatic rings. The number of morpholine rings is 1. The van der Waals surface area contributed by atoms with E-state index in [4.69, 9.17) is 4.74 Å². The van der Waals surface area contributed by atoms with Gasteiger partial charge in [0, 0.05) is 63.6 Å². The van der Waals surface area contributed by atoms with E-state index in [0.29, 0.717) is 42.3 Å². The van der Waals surface area contributed by atoms with Gasteiger partial charge in [0.15, 0.2) is 0 Å². The summed E-state index contributed by atoms with van der Waals surface area (Å²) in [6.07, 6.45) is 5.75. The van der Waals surface area contributed by atoms with Crippen molar-refractivity contribution in [1.82, 2.24) is 15.2 Å². The number of aromatic nitrogens is 1. The van der Waals surface area contributed by atoms with Crippen molar-refractivity contribution in [1.29, 1.82) is 0 Å². The van der Waals surface area contributed by atoms with Crippen LogP contribution in [-0.2, 0) is 16.1 Å². The van der Waals surface area contributed by atoms with E-state index in [1.807, 2.05) is 12.1 Å². The van der Waals surface area contributed by atoms with E-state index in [1.54, 1.807) is 6.20 Å². The number of nitrogens with one attached hydrogen (secondary N) is 1. The molecule has 36 heavy (non-hydrogen) atoms. The summed E-state index contributed by atoms with van der Waals surface area (Å²) in [6.45, 7) is 6.58. The number of carbonyl (C=O) groups is 2. The maximum Gasteiger partial charge on any atom is 0.253 e. The van der Waals surface area contributed by atoms with Crippen molar-refractivity contribution in [3.8, 4) is 0 Å². The average Bonchev–Trinajstić information content (AvgIpc) is 2.93. The first-order chi connectivity index (χ1) is 17.6. The molecule has 0 radical (unpaired) electrons. The second-order valence-electron chi connectivity index (χ2n) is 10.6. The van der Waals surface area contributed by atoms with Crippen LogP contribution in [-0.4, -0.2) is 73.7 Å². The minimum absolute atomic E-state index is 0.113. The van der Waals surface area contributed by atoms with Gasteiger partial charge in [-0.25, -0.2) is 4.98 Å². The molecule has 190 valence electrons. The molecule has 4 aliphatic heterocycles. The van der Waals surface area contributed by atoms with Crippen LogP contribution in [0.2, 0.25) is 0 Å². The molecule has 1 N–H and O–H groups in total. The van der Waals surface area contributed by atoms with Crippen LogP contribution in [0.15, 0.2) is 42.6 Å². The molecule has 0 aliphatic carbocycles. The molecular weight excluding hydrogens is 454 g/mol. The number of anilines is 2. The number of hydrogen-bond donors (Lipinski definition) is 1. The lowest BCUT2D eigenvalue weighted by atomic mass is 9.76. The Bertz CT molecular complexity index is 1080. The zero-order valence-electron chi connectivity index (χ0n) is 20.8. The first-order valence-electron chi connectivity index (χ1n) is 13.3. The number of pyridine rings is 1. The maximum atomic E-state index is 12.7. The van der Waals surface area contributed by atoms with E-state index in [2.05, 4.69) is 49.3 Å². The maximum absolute atomic E-state index is 12.7. The van der Waals surface area contributed by atoms with Crippen LogP contribution in [0.4, 0.5) is 11.5 Å². The molecule has 8 nitrogen and oxygen atoms in total. The van der Waals surface area contributed by atoms with E-state index in [9.17, 15) is 9.59 Å². The van der Waals surface area contributed by atoms with Crippen molar-refractivity contribution in [2.75, 3.05) is 55.7 Å². The van der Waals surface area contributed by atoms with Gasteiger partial charge in [-0.3, -0.25) is 9.59 Å². The van der Waals surface area contributed by atoms with Crippen molar-refractivity contribution in [3.63, 3.8) is 0 Å². The standard InChI is InChI=1S/C28H35N5O3/c34-27-3-1-2-25-23-14-21(18-33(25)27)17-32(19-23)26-9-6-22(16-29-26)28(35)30-15-20-4-7-24(8-5-20)31-10-12-36-13-11-31/h4-9,16,21,23,25H,1-3,10-15,17-19H2,(H,30,35)/t21-,23-,25-/m1/s1. The highest BCUT2D eigenvalue weighted by Crippen LogP contribution is 2.38. The lowest BCUT2D eigenvalue weighted by molar-refractivity contribution is -0.142. The van der Waals surface area contributed by atoms with Crippen LogP contribution in [0.1, 0.15) is 41.6 Å². The fraction of sp³-hybridized carbons (Fsp3) is 0.536. The number of hydrogen-bond acceptors (Lipinski definition) is 6. The number of ether oxygens (including phenoxy) is 1. The quantitative estimate of drug-likeness (QED) is 0.696. The summed E-state index contributed by atoms with van der Waals surface area (Å²) in [5.74, 6) is 2.17. The third kappa shape index (κ3) is 4.78. The van der Waals surface area contributed by atoms with Crippen molar-refractivity contribution < 1.29 is 14.3 Å². The van der Waals surface area contributed by atoms with Crippen LogP contribution in [0.5, 0.6) is 0 Å². The smallest absolute Gasteiger partial charge is 0.253 e. The van der Waals surface area contributed by atoms with Gasteiger partial charge < -0.3 is 24.8 Å². The largest absolute Gasteiger partial charge is 0.378 e. The fourth-order valence-corrected chi connectivity index (χ4v) is 6.43. The Morgan fingerprint density at radius 1 is 1.03 bits per heavy atom. The third-order valence-electron chi connectivity index (χ3n) is 8.28. The molecule has 0 spiro atoms. The monoisotopic (exact) mass is 489 g/mol. The van der Waals surface area contributed by atoms with E-state index in [0.717, 1.165) is 70.2 Å². The zero-order valence-corrected chi connectivity index (χ0v) is 20.8. The Morgan fingerprint density at radius 2 is 1.86 bits per heavy atom. The molecule has 0 unspecified atom stereocenters. The summed E-state index contributed by atoms with van der Waals surface area (Å²) >= 11 is 0. The molecule has 4 saturated heterocycles. The van der Waals surface area contributed by atoms with Gasteiger partial charge in [-0.05, 0) is 60.9 Å². The summed E-state index contributed by atoms with van der Waals surface area (Å²) in [6, 6.07) is 12.6. The topological polar surface area (TPSA) is 78.0 Å². The molecule has 1 aromatic heterocycles. The lowest BCUT2D eigenvalue weighted by Gasteiger charge is -2.52. The van der Waals surface area contributed by atoms with Crippen molar-refractivity contribution in [3.05, 3.63) is 53.7 Å². The zero-order chi connectivity index (χ0) is 24.5. The van der Waals surface area contributed by atoms with Gasteiger partial charge in [0.05, 0.1) is 18.8 Å². The second kappa shape index (κ2) is 10.1. The molecule has 6 rings (SSSR count). The summed E-state index contributed by atoms with van der Waals surface area (Å²) in [4.78, 5) is 36.6. The molecular formula is C28H35N5O3. The predicted molar refractivity (Wildman–Crippen MR) is 138 cm³/mol. The highest BCUT2D eigenvalue weighted by molar-refractivity contribution is 5.94. The van der Waals surface area contributed by atoms with Gasteiger partial charge in [-0.15, -0.1) is 0 Å². The van der Waals surface area contributed by atoms with E-state index < -0.39 is 0 Å². The Morgan fingerprint density at radius 3 is 2.64 bits per heavy atom. The van der Waals surface area contributed by atoms with Crippen LogP contribution >= 0.6 is 0 Å². The van der Waals surface area contributed by atoms with Gasteiger partial charge in [-0.1, -0.05) is 12.1 Å². The fourth-order valence-electron chi connectivity index (χ4n) is 6.43. The number of fused-ring (bicyclic) bond motifs is 4. The van der Waals surface area contributed by atoms with Crippen LogP contribution in [0.25, 0.3) is 0 Å². The SMILES string of the molecule is O=C(NCc1ccc(N2CCOCC2)cc1)c1ccc(N2C[C@H]3C[C@H](C2)[C@H]2CCCC(=O)N2C3)nc1. The number of carbonyl (C=O) groups excluding carboxylic acids is 2. The number of piperidine rings is 3. The van der Waals surface area contributed by atoms with Gasteiger partial charge in [-0.2, -0.15) is 0 Å². The molecule has 4 fully saturated rings. The number of rotatable bonds is 5. The third-order valence-corrected chi connectivity index (χ3v) is 8.28. The second-order valence-corrected chi connectivity index (χ2v) is 10.6. The Balaban J connectivity index is 1.04. The molecule has 1 aromatic carbocycles. The summed E-state index contributed by atoms with van der Waals surface area (Å²) < 4.78 is 5.42. The Hall–Kier alpha value is -3.13. The van der Waals surface area contributed by atoms with E-state index in [-0.39, 0.29) is 5.91 Å². The highest BCUT2D eigenvalue weighted by Gasteiger charge is 2.44. The van der Waals surface area contributed by atoms with E-state index in [1.165, 1.54) is 12.1 Å². The molecule has 3 atom stereocenters. The molecule has 4 aliphatic rings. The van der Waals surface area contributed by atoms with Gasteiger partial charge >= 0.3 is 0 Å². The molecule has 5 heterocycles. The minimum Gasteiger partial charge on any atom is -0.378 e. The van der Waals surface area contributed by atoms with Gasteiger partial charge in [0.2, 0.25) is 5.91 Å². The lowest BCUT2D eigenvalue weighted by Crippen LogP contribution is -2.60. The predicted octanol–water partition coefficient (Wildman–Crippen LogP) is 2.69. The van der Waals surface area contributed by atoms with Crippen molar-refractivity contribution in [2.24, 2.45) is 11.8 Å². The number of amides is 2. The summed E-state index contributed by atoms with van der Waals surface area (Å²) in [5.41, 5.74) is 2.84. The summed E-state index contributed by atoms with van der Waals surface area (Å²) in [7, 11) is 0. The summed E-state index contributed by atoms with van der Waals surface area (Å²) in [5, 5.41) is 3.02.